The number of carboxylic acids is 1. The predicted octanol–water partition coefficient (Wildman–Crippen LogP) is 6.16. The minimum Gasteiger partial charge on any atom is -0.480 e. The molecule has 1 aromatic heterocycles. The first kappa shape index (κ1) is 21.8. The molecule has 0 radical (unpaired) electrons. The smallest absolute Gasteiger partial charge is 0.326 e. The van der Waals surface area contributed by atoms with Gasteiger partial charge in [-0.2, -0.15) is 0 Å². The van der Waals surface area contributed by atoms with Crippen molar-refractivity contribution < 1.29 is 14.7 Å². The summed E-state index contributed by atoms with van der Waals surface area (Å²) in [5, 5.41) is 12.4. The molecule has 0 aliphatic rings. The van der Waals surface area contributed by atoms with Crippen molar-refractivity contribution in [1.82, 2.24) is 4.90 Å². The topological polar surface area (TPSA) is 57.6 Å². The lowest BCUT2D eigenvalue weighted by Crippen LogP contribution is -2.46. The number of thiophene rings is 1. The molecule has 0 spiro atoms. The molecule has 0 bridgehead atoms. The molecule has 0 saturated carbocycles. The van der Waals surface area contributed by atoms with Gasteiger partial charge < -0.3 is 10.0 Å². The van der Waals surface area contributed by atoms with Crippen LogP contribution in [0.1, 0.15) is 20.8 Å². The Morgan fingerprint density at radius 3 is 2.41 bits per heavy atom. The fraction of sp³-hybridized carbons (Fsp3) is 0.143. The van der Waals surface area contributed by atoms with Crippen molar-refractivity contribution >= 4 is 62.3 Å². The maximum Gasteiger partial charge on any atom is 0.326 e. The van der Waals surface area contributed by atoms with Crippen molar-refractivity contribution in [3.63, 3.8) is 0 Å². The molecule has 1 atom stereocenters. The van der Waals surface area contributed by atoms with E-state index >= 15 is 0 Å². The third-order valence-corrected chi connectivity index (χ3v) is 6.53. The van der Waals surface area contributed by atoms with Crippen LogP contribution in [0.15, 0.2) is 64.5 Å². The molecule has 1 heterocycles. The number of amides is 1. The Kier molecular flexibility index (Phi) is 7.35. The highest BCUT2D eigenvalue weighted by Crippen LogP contribution is 2.27. The first-order chi connectivity index (χ1) is 13.8. The summed E-state index contributed by atoms with van der Waals surface area (Å²) in [5.74, 6) is -1.54. The number of aliphatic carboxylic acids is 1. The van der Waals surface area contributed by atoms with Gasteiger partial charge >= 0.3 is 5.97 Å². The monoisotopic (exact) mass is 511 g/mol. The quantitative estimate of drug-likeness (QED) is 0.412. The van der Waals surface area contributed by atoms with Gasteiger partial charge in [-0.25, -0.2) is 4.79 Å². The number of halogens is 3. The van der Waals surface area contributed by atoms with Gasteiger partial charge in [0, 0.05) is 26.2 Å². The molecule has 0 unspecified atom stereocenters. The third kappa shape index (κ3) is 5.60. The van der Waals surface area contributed by atoms with Crippen LogP contribution in [-0.2, 0) is 17.8 Å². The highest BCUT2D eigenvalue weighted by Gasteiger charge is 2.32. The molecule has 0 aliphatic carbocycles. The number of rotatable bonds is 7. The number of carbonyl (C=O) groups is 2. The van der Waals surface area contributed by atoms with E-state index < -0.39 is 17.9 Å². The van der Waals surface area contributed by atoms with Crippen molar-refractivity contribution in [2.24, 2.45) is 0 Å². The van der Waals surface area contributed by atoms with Crippen LogP contribution >= 0.6 is 50.5 Å². The highest BCUT2D eigenvalue weighted by molar-refractivity contribution is 9.10. The van der Waals surface area contributed by atoms with Gasteiger partial charge in [0.25, 0.3) is 5.91 Å². The average Bonchev–Trinajstić information content (AvgIpc) is 3.09. The normalized spacial score (nSPS) is 11.8. The molecular weight excluding hydrogens is 497 g/mol. The van der Waals surface area contributed by atoms with Gasteiger partial charge in [0.1, 0.15) is 6.04 Å². The molecule has 29 heavy (non-hydrogen) atoms. The van der Waals surface area contributed by atoms with Gasteiger partial charge in [0.05, 0.1) is 17.1 Å². The zero-order chi connectivity index (χ0) is 21.0. The van der Waals surface area contributed by atoms with Crippen LogP contribution in [-0.4, -0.2) is 27.9 Å². The lowest BCUT2D eigenvalue weighted by molar-refractivity contribution is -0.142. The Bertz CT molecular complexity index is 1030. The molecule has 1 N–H and O–H groups in total. The number of benzene rings is 2. The van der Waals surface area contributed by atoms with Crippen molar-refractivity contribution in [2.75, 3.05) is 0 Å². The van der Waals surface area contributed by atoms with Crippen molar-refractivity contribution in [3.8, 4) is 0 Å². The molecule has 150 valence electrons. The average molecular weight is 513 g/mol. The van der Waals surface area contributed by atoms with E-state index in [1.54, 1.807) is 6.07 Å². The van der Waals surface area contributed by atoms with E-state index in [0.717, 1.165) is 14.9 Å². The summed E-state index contributed by atoms with van der Waals surface area (Å²) in [6, 6.07) is 14.6. The van der Waals surface area contributed by atoms with E-state index in [4.69, 9.17) is 23.2 Å². The number of carboxylic acid groups (broad SMARTS) is 1. The van der Waals surface area contributed by atoms with Crippen LogP contribution in [0.5, 0.6) is 0 Å². The summed E-state index contributed by atoms with van der Waals surface area (Å²) in [6.07, 6.45) is 0.180. The lowest BCUT2D eigenvalue weighted by Gasteiger charge is -2.29. The van der Waals surface area contributed by atoms with Crippen molar-refractivity contribution in [3.05, 3.63) is 90.5 Å². The van der Waals surface area contributed by atoms with Gasteiger partial charge in [0.2, 0.25) is 0 Å². The van der Waals surface area contributed by atoms with Gasteiger partial charge in [-0.15, -0.1) is 11.3 Å². The fourth-order valence-corrected chi connectivity index (χ4v) is 4.85. The molecule has 1 amide bonds. The molecular formula is C21H16BrCl2NO3S. The third-order valence-electron chi connectivity index (χ3n) is 4.30. The largest absolute Gasteiger partial charge is 0.480 e. The van der Waals surface area contributed by atoms with Crippen LogP contribution < -0.4 is 0 Å². The summed E-state index contributed by atoms with van der Waals surface area (Å²) >= 11 is 17.0. The van der Waals surface area contributed by atoms with Gasteiger partial charge in [-0.1, -0.05) is 53.5 Å². The number of nitrogens with zero attached hydrogens (tertiary/aromatic N) is 1. The number of hydrogen-bond acceptors (Lipinski definition) is 3. The second kappa shape index (κ2) is 9.76. The molecule has 0 fully saturated rings. The Morgan fingerprint density at radius 1 is 1.10 bits per heavy atom. The first-order valence-corrected chi connectivity index (χ1v) is 11.0. The molecule has 3 aromatic rings. The Labute approximate surface area is 190 Å². The molecule has 4 nitrogen and oxygen atoms in total. The second-order valence-corrected chi connectivity index (χ2v) is 9.09. The molecule has 0 saturated heterocycles. The van der Waals surface area contributed by atoms with Gasteiger partial charge in [-0.3, -0.25) is 4.79 Å². The minimum atomic E-state index is -1.08. The summed E-state index contributed by atoms with van der Waals surface area (Å²) in [6.45, 7) is 0.151. The lowest BCUT2D eigenvalue weighted by atomic mass is 10.0. The zero-order valence-electron chi connectivity index (χ0n) is 15.0. The SMILES string of the molecule is O=C(O)[C@@H](Cc1ccccc1)N(Cc1cc(Br)cs1)C(=O)c1ccc(Cl)cc1Cl. The van der Waals surface area contributed by atoms with E-state index in [1.165, 1.54) is 28.4 Å². The van der Waals surface area contributed by atoms with Crippen LogP contribution in [0.2, 0.25) is 10.0 Å². The van der Waals surface area contributed by atoms with Crippen LogP contribution in [0.4, 0.5) is 0 Å². The van der Waals surface area contributed by atoms with Crippen LogP contribution in [0.3, 0.4) is 0 Å². The second-order valence-electron chi connectivity index (χ2n) is 6.33. The highest BCUT2D eigenvalue weighted by atomic mass is 79.9. The Hall–Kier alpha value is -1.86. The summed E-state index contributed by atoms with van der Waals surface area (Å²) in [7, 11) is 0. The summed E-state index contributed by atoms with van der Waals surface area (Å²) < 4.78 is 0.879. The molecule has 3 rings (SSSR count). The van der Waals surface area contributed by atoms with E-state index in [9.17, 15) is 14.7 Å². The minimum absolute atomic E-state index is 0.151. The zero-order valence-corrected chi connectivity index (χ0v) is 18.9. The predicted molar refractivity (Wildman–Crippen MR) is 120 cm³/mol. The van der Waals surface area contributed by atoms with Crippen molar-refractivity contribution in [1.29, 1.82) is 0 Å². The van der Waals surface area contributed by atoms with E-state index in [0.29, 0.717) is 5.02 Å². The number of carbonyl (C=O) groups excluding carboxylic acids is 1. The first-order valence-electron chi connectivity index (χ1n) is 8.61. The number of hydrogen-bond donors (Lipinski definition) is 1. The van der Waals surface area contributed by atoms with E-state index in [1.807, 2.05) is 41.8 Å². The van der Waals surface area contributed by atoms with E-state index in [2.05, 4.69) is 15.9 Å². The van der Waals surface area contributed by atoms with Gasteiger partial charge in [0.15, 0.2) is 0 Å². The maximum atomic E-state index is 13.4. The summed E-state index contributed by atoms with van der Waals surface area (Å²) in [4.78, 5) is 27.7. The maximum absolute atomic E-state index is 13.4. The Balaban J connectivity index is 2.00. The molecule has 0 aliphatic heterocycles. The molecule has 2 aromatic carbocycles. The Morgan fingerprint density at radius 2 is 1.83 bits per heavy atom. The standard InChI is InChI=1S/C21H16BrCl2NO3S/c22-14-9-16(29-12-14)11-25(20(26)17-7-6-15(23)10-18(17)24)19(21(27)28)8-13-4-2-1-3-5-13/h1-7,9-10,12,19H,8,11H2,(H,27,28)/t19-/m1/s1. The van der Waals surface area contributed by atoms with Crippen LogP contribution in [0.25, 0.3) is 0 Å². The van der Waals surface area contributed by atoms with Gasteiger partial charge in [-0.05, 0) is 45.8 Å². The van der Waals surface area contributed by atoms with E-state index in [-0.39, 0.29) is 23.6 Å². The summed E-state index contributed by atoms with van der Waals surface area (Å²) in [5.41, 5.74) is 1.04. The fourth-order valence-electron chi connectivity index (χ4n) is 2.91. The molecule has 8 heteroatoms. The van der Waals surface area contributed by atoms with Crippen molar-refractivity contribution in [2.45, 2.75) is 19.0 Å². The van der Waals surface area contributed by atoms with Crippen LogP contribution in [0, 0.1) is 0 Å².